The van der Waals surface area contributed by atoms with Crippen LogP contribution < -0.4 is 0 Å². The number of benzene rings is 2. The fraction of sp³-hybridized carbons (Fsp3) is 0.667. The van der Waals surface area contributed by atoms with E-state index in [4.69, 9.17) is 0 Å². The lowest BCUT2D eigenvalue weighted by molar-refractivity contribution is 0.553. The lowest BCUT2D eigenvalue weighted by Crippen LogP contribution is -2.03. The summed E-state index contributed by atoms with van der Waals surface area (Å²) in [5.41, 5.74) is 3.35. The van der Waals surface area contributed by atoms with Crippen molar-refractivity contribution in [2.24, 2.45) is 0 Å². The van der Waals surface area contributed by atoms with Crippen molar-refractivity contribution in [1.29, 1.82) is 0 Å². The van der Waals surface area contributed by atoms with Crippen LogP contribution in [0.3, 0.4) is 0 Å². The van der Waals surface area contributed by atoms with E-state index in [-0.39, 0.29) is 0 Å². The third-order valence-electron chi connectivity index (χ3n) is 8.48. The van der Waals surface area contributed by atoms with Crippen LogP contribution in [0.5, 0.6) is 0 Å². The number of hydrogen-bond acceptors (Lipinski definition) is 0. The standard InChI is InChI=1S/C36H56/c1-3-5-7-9-11-13-15-17-19-21-25-31-29-30-35-33-27-23-24-28-34(33)36(35)32(31)26-22-20-18-16-14-12-10-8-6-4-2/h23-24,27-30H,3-22,25-26H2,1-2H3. The minimum Gasteiger partial charge on any atom is -0.0654 e. The van der Waals surface area contributed by atoms with E-state index in [1.54, 1.807) is 16.3 Å². The van der Waals surface area contributed by atoms with Gasteiger partial charge in [-0.1, -0.05) is 166 Å². The van der Waals surface area contributed by atoms with Gasteiger partial charge in [0.2, 0.25) is 0 Å². The summed E-state index contributed by atoms with van der Waals surface area (Å²) in [6.07, 6.45) is 31.0. The van der Waals surface area contributed by atoms with Crippen LogP contribution >= 0.6 is 0 Å². The number of rotatable bonds is 22. The first-order valence-electron chi connectivity index (χ1n) is 16.1. The Bertz CT molecular complexity index is 1030. The second kappa shape index (κ2) is 17.8. The molecule has 0 radical (unpaired) electrons. The summed E-state index contributed by atoms with van der Waals surface area (Å²) in [6.45, 7) is 4.61. The van der Waals surface area contributed by atoms with Crippen LogP contribution in [0.25, 0.3) is 0 Å². The summed E-state index contributed by atoms with van der Waals surface area (Å²) >= 11 is 0. The molecule has 0 atom stereocenters. The molecule has 0 nitrogen and oxygen atoms in total. The van der Waals surface area contributed by atoms with Crippen molar-refractivity contribution in [3.63, 3.8) is 0 Å². The molecule has 2 aromatic rings. The fourth-order valence-corrected chi connectivity index (χ4v) is 6.21. The third-order valence-corrected chi connectivity index (χ3v) is 8.48. The van der Waals surface area contributed by atoms with Gasteiger partial charge in [0.25, 0.3) is 0 Å². The highest BCUT2D eigenvalue weighted by atomic mass is 14.2. The van der Waals surface area contributed by atoms with Crippen LogP contribution in [0.1, 0.15) is 153 Å². The van der Waals surface area contributed by atoms with E-state index in [0.29, 0.717) is 0 Å². The number of hydrogen-bond donors (Lipinski definition) is 0. The highest BCUT2D eigenvalue weighted by Gasteiger charge is 2.11. The molecule has 0 spiro atoms. The Morgan fingerprint density at radius 2 is 0.833 bits per heavy atom. The number of aryl methyl sites for hydroxylation is 1. The lowest BCUT2D eigenvalue weighted by Gasteiger charge is -2.16. The summed E-state index contributed by atoms with van der Waals surface area (Å²) in [5, 5.41) is 6.10. The van der Waals surface area contributed by atoms with Crippen LogP contribution in [0.4, 0.5) is 0 Å². The molecular formula is C36H56. The molecule has 0 aliphatic heterocycles. The maximum absolute atomic E-state index is 2.48. The average Bonchev–Trinajstić information content (AvgIpc) is 2.89. The minimum absolute atomic E-state index is 1.28. The molecule has 0 heteroatoms. The van der Waals surface area contributed by atoms with Crippen molar-refractivity contribution in [2.75, 3.05) is 0 Å². The number of fused-ring (bicyclic) bond motifs is 2. The summed E-state index contributed by atoms with van der Waals surface area (Å²) in [5.74, 6) is 0. The first kappa shape index (κ1) is 29.0. The van der Waals surface area contributed by atoms with Gasteiger partial charge in [0.1, 0.15) is 0 Å². The molecule has 0 saturated carbocycles. The maximum atomic E-state index is 2.48. The summed E-state index contributed by atoms with van der Waals surface area (Å²) < 4.78 is 0. The average molecular weight is 489 g/mol. The van der Waals surface area contributed by atoms with E-state index in [1.807, 2.05) is 0 Å². The van der Waals surface area contributed by atoms with E-state index in [1.165, 1.54) is 157 Å². The summed E-state index contributed by atoms with van der Waals surface area (Å²) in [4.78, 5) is 0. The molecule has 0 amide bonds. The Labute approximate surface area is 223 Å². The number of unbranched alkanes of at least 4 members (excludes halogenated alkanes) is 18. The van der Waals surface area contributed by atoms with E-state index in [2.05, 4.69) is 50.2 Å². The normalized spacial score (nSPS) is 11.8. The Morgan fingerprint density at radius 1 is 0.389 bits per heavy atom. The van der Waals surface area contributed by atoms with Gasteiger partial charge in [-0.15, -0.1) is 0 Å². The zero-order valence-corrected chi connectivity index (χ0v) is 24.0. The van der Waals surface area contributed by atoms with E-state index < -0.39 is 0 Å². The Hall–Kier alpha value is -1.56. The maximum Gasteiger partial charge on any atom is -0.00641 e. The predicted octanol–water partition coefficient (Wildman–Crippen LogP) is 11.5. The van der Waals surface area contributed by atoms with Gasteiger partial charge >= 0.3 is 0 Å². The minimum atomic E-state index is 1.28. The van der Waals surface area contributed by atoms with E-state index in [9.17, 15) is 0 Å². The molecule has 0 N–H and O–H groups in total. The molecule has 1 aliphatic rings. The van der Waals surface area contributed by atoms with Crippen molar-refractivity contribution in [2.45, 2.75) is 155 Å². The molecule has 0 heterocycles. The fourth-order valence-electron chi connectivity index (χ4n) is 6.21. The summed E-state index contributed by atoms with van der Waals surface area (Å²) in [6, 6.07) is 14.0. The first-order chi connectivity index (χ1) is 17.9. The van der Waals surface area contributed by atoms with Crippen LogP contribution in [-0.2, 0) is 12.8 Å². The first-order valence-corrected chi connectivity index (χ1v) is 16.1. The lowest BCUT2D eigenvalue weighted by atomic mass is 9.89. The molecule has 0 unspecified atom stereocenters. The SMILES string of the molecule is CCCCCCCCCCCCc1ccc2c(c1CCCCCCCCCCCC)=c1ccccc1=2. The molecule has 0 aromatic heterocycles. The van der Waals surface area contributed by atoms with Crippen molar-refractivity contribution in [3.8, 4) is 0 Å². The van der Waals surface area contributed by atoms with Crippen molar-refractivity contribution in [3.05, 3.63) is 68.4 Å². The van der Waals surface area contributed by atoms with Crippen LogP contribution in [0, 0.1) is 20.9 Å². The van der Waals surface area contributed by atoms with Crippen molar-refractivity contribution >= 4 is 0 Å². The van der Waals surface area contributed by atoms with E-state index in [0.717, 1.165) is 0 Å². The molecule has 0 fully saturated rings. The van der Waals surface area contributed by atoms with Gasteiger partial charge in [-0.25, -0.2) is 0 Å². The predicted molar refractivity (Wildman–Crippen MR) is 159 cm³/mol. The van der Waals surface area contributed by atoms with Gasteiger partial charge in [-0.2, -0.15) is 0 Å². The smallest absolute Gasteiger partial charge is 0.00641 e. The highest BCUT2D eigenvalue weighted by molar-refractivity contribution is 5.39. The quantitative estimate of drug-likeness (QED) is 0.123. The monoisotopic (exact) mass is 488 g/mol. The Kier molecular flexibility index (Phi) is 14.4. The van der Waals surface area contributed by atoms with Gasteiger partial charge in [0.05, 0.1) is 0 Å². The van der Waals surface area contributed by atoms with Crippen LogP contribution in [0.2, 0.25) is 0 Å². The van der Waals surface area contributed by atoms with E-state index >= 15 is 0 Å². The molecule has 3 rings (SSSR count). The highest BCUT2D eigenvalue weighted by Crippen LogP contribution is 2.24. The molecule has 0 bridgehead atoms. The van der Waals surface area contributed by atoms with Gasteiger partial charge in [0.15, 0.2) is 0 Å². The third kappa shape index (κ3) is 9.39. The largest absolute Gasteiger partial charge is 0.0654 e. The molecule has 1 aliphatic carbocycles. The summed E-state index contributed by atoms with van der Waals surface area (Å²) in [7, 11) is 0. The molecule has 36 heavy (non-hydrogen) atoms. The second-order valence-electron chi connectivity index (χ2n) is 11.5. The Balaban J connectivity index is 1.44. The zero-order valence-electron chi connectivity index (χ0n) is 24.0. The van der Waals surface area contributed by atoms with Crippen LogP contribution in [0.15, 0.2) is 36.4 Å². The Morgan fingerprint density at radius 3 is 1.36 bits per heavy atom. The molecule has 0 saturated heterocycles. The van der Waals surface area contributed by atoms with Gasteiger partial charge in [-0.3, -0.25) is 0 Å². The second-order valence-corrected chi connectivity index (χ2v) is 11.5. The van der Waals surface area contributed by atoms with Crippen LogP contribution in [-0.4, -0.2) is 0 Å². The van der Waals surface area contributed by atoms with Gasteiger partial charge in [-0.05, 0) is 57.7 Å². The molecule has 200 valence electrons. The van der Waals surface area contributed by atoms with Crippen molar-refractivity contribution < 1.29 is 0 Å². The zero-order chi connectivity index (χ0) is 25.3. The molecule has 2 aromatic carbocycles. The topological polar surface area (TPSA) is 0 Å². The van der Waals surface area contributed by atoms with Gasteiger partial charge in [0, 0.05) is 0 Å². The molecular weight excluding hydrogens is 432 g/mol. The van der Waals surface area contributed by atoms with Crippen molar-refractivity contribution in [1.82, 2.24) is 0 Å². The van der Waals surface area contributed by atoms with Gasteiger partial charge < -0.3 is 0 Å².